The lowest BCUT2D eigenvalue weighted by molar-refractivity contribution is 0.638. The maximum absolute atomic E-state index is 5.65. The Morgan fingerprint density at radius 2 is 1.65 bits per heavy atom. The highest BCUT2D eigenvalue weighted by molar-refractivity contribution is 7.08. The van der Waals surface area contributed by atoms with E-state index in [1.54, 1.807) is 11.3 Å². The van der Waals surface area contributed by atoms with Gasteiger partial charge in [0.1, 0.15) is 0 Å². The average Bonchev–Trinajstić information content (AvgIpc) is 2.84. The Morgan fingerprint density at radius 3 is 2.12 bits per heavy atom. The number of nitrogens with one attached hydrogen (secondary N) is 1. The van der Waals surface area contributed by atoms with E-state index in [-0.39, 0.29) is 6.04 Å². The van der Waals surface area contributed by atoms with Gasteiger partial charge in [0.25, 0.3) is 0 Å². The zero-order chi connectivity index (χ0) is 12.3. The number of nitrogens with two attached hydrogens (primary N) is 1. The predicted octanol–water partition coefficient (Wildman–Crippen LogP) is 3.42. The molecule has 0 amide bonds. The molecule has 90 valence electrons. The van der Waals surface area contributed by atoms with E-state index in [1.165, 1.54) is 16.7 Å². The number of hydrogen-bond acceptors (Lipinski definition) is 3. The molecule has 0 bridgehead atoms. The summed E-state index contributed by atoms with van der Waals surface area (Å²) in [5.74, 6) is 6.21. The van der Waals surface area contributed by atoms with Crippen molar-refractivity contribution in [3.8, 4) is 0 Å². The van der Waals surface area contributed by atoms with Gasteiger partial charge in [0.2, 0.25) is 0 Å². The summed E-state index contributed by atoms with van der Waals surface area (Å²) in [6, 6.07) is 10.8. The first-order chi connectivity index (χ1) is 8.22. The standard InChI is InChI=1S/C14H18N2S/c1-10(2)11-3-5-12(6-4-11)14(16-15)13-7-8-17-9-13/h3-10,14,16H,15H2,1-2H3. The molecule has 1 aromatic heterocycles. The van der Waals surface area contributed by atoms with Crippen molar-refractivity contribution in [1.29, 1.82) is 0 Å². The minimum Gasteiger partial charge on any atom is -0.271 e. The highest BCUT2D eigenvalue weighted by Gasteiger charge is 2.12. The van der Waals surface area contributed by atoms with E-state index in [0.29, 0.717) is 5.92 Å². The summed E-state index contributed by atoms with van der Waals surface area (Å²) in [7, 11) is 0. The molecule has 2 rings (SSSR count). The first-order valence-corrected chi connectivity index (χ1v) is 6.74. The van der Waals surface area contributed by atoms with Crippen LogP contribution in [0.1, 0.15) is 42.5 Å². The Bertz CT molecular complexity index is 446. The maximum atomic E-state index is 5.65. The monoisotopic (exact) mass is 246 g/mol. The lowest BCUT2D eigenvalue weighted by atomic mass is 9.97. The molecule has 2 nitrogen and oxygen atoms in total. The van der Waals surface area contributed by atoms with Crippen LogP contribution < -0.4 is 11.3 Å². The molecule has 0 aliphatic rings. The van der Waals surface area contributed by atoms with Crippen molar-refractivity contribution < 1.29 is 0 Å². The van der Waals surface area contributed by atoms with Crippen molar-refractivity contribution in [3.63, 3.8) is 0 Å². The normalized spacial score (nSPS) is 12.9. The molecular weight excluding hydrogens is 228 g/mol. The molecule has 0 saturated carbocycles. The van der Waals surface area contributed by atoms with Crippen LogP contribution in [0.25, 0.3) is 0 Å². The van der Waals surface area contributed by atoms with E-state index in [2.05, 4.69) is 60.4 Å². The van der Waals surface area contributed by atoms with Crippen LogP contribution >= 0.6 is 11.3 Å². The molecule has 0 saturated heterocycles. The summed E-state index contributed by atoms with van der Waals surface area (Å²) >= 11 is 1.69. The van der Waals surface area contributed by atoms with Crippen LogP contribution in [0.15, 0.2) is 41.1 Å². The van der Waals surface area contributed by atoms with Crippen molar-refractivity contribution in [3.05, 3.63) is 57.8 Å². The Labute approximate surface area is 106 Å². The van der Waals surface area contributed by atoms with Gasteiger partial charge in [-0.2, -0.15) is 11.3 Å². The number of thiophene rings is 1. The van der Waals surface area contributed by atoms with E-state index in [1.807, 2.05) is 0 Å². The van der Waals surface area contributed by atoms with Gasteiger partial charge in [-0.05, 0) is 39.4 Å². The Morgan fingerprint density at radius 1 is 1.00 bits per heavy atom. The van der Waals surface area contributed by atoms with E-state index in [4.69, 9.17) is 5.84 Å². The SMILES string of the molecule is CC(C)c1ccc(C(NN)c2ccsc2)cc1. The Hall–Kier alpha value is -1.16. The molecular formula is C14H18N2S. The van der Waals surface area contributed by atoms with Crippen LogP contribution in [0.4, 0.5) is 0 Å². The maximum Gasteiger partial charge on any atom is 0.0718 e. The van der Waals surface area contributed by atoms with Gasteiger partial charge in [0, 0.05) is 0 Å². The Kier molecular flexibility index (Phi) is 3.94. The van der Waals surface area contributed by atoms with Gasteiger partial charge in [-0.3, -0.25) is 5.84 Å². The van der Waals surface area contributed by atoms with E-state index >= 15 is 0 Å². The number of hydrogen-bond donors (Lipinski definition) is 2. The second kappa shape index (κ2) is 5.45. The largest absolute Gasteiger partial charge is 0.271 e. The fraction of sp³-hybridized carbons (Fsp3) is 0.286. The van der Waals surface area contributed by atoms with Crippen LogP contribution in [0.3, 0.4) is 0 Å². The van der Waals surface area contributed by atoms with E-state index in [9.17, 15) is 0 Å². The third-order valence-corrected chi connectivity index (χ3v) is 3.68. The molecule has 1 aromatic carbocycles. The molecule has 1 heterocycles. The first-order valence-electron chi connectivity index (χ1n) is 5.80. The van der Waals surface area contributed by atoms with E-state index < -0.39 is 0 Å². The van der Waals surface area contributed by atoms with Crippen molar-refractivity contribution in [2.75, 3.05) is 0 Å². The minimum atomic E-state index is 0.0856. The van der Waals surface area contributed by atoms with Crippen LogP contribution in [-0.2, 0) is 0 Å². The summed E-state index contributed by atoms with van der Waals surface area (Å²) in [4.78, 5) is 0. The van der Waals surface area contributed by atoms with Crippen molar-refractivity contribution in [1.82, 2.24) is 5.43 Å². The summed E-state index contributed by atoms with van der Waals surface area (Å²) in [6.07, 6.45) is 0. The quantitative estimate of drug-likeness (QED) is 0.641. The lowest BCUT2D eigenvalue weighted by Gasteiger charge is -2.16. The van der Waals surface area contributed by atoms with Gasteiger partial charge in [-0.25, -0.2) is 5.43 Å². The molecule has 0 aliphatic carbocycles. The molecule has 0 aliphatic heterocycles. The Balaban J connectivity index is 2.26. The number of rotatable bonds is 4. The summed E-state index contributed by atoms with van der Waals surface area (Å²) in [5, 5.41) is 4.20. The molecule has 3 N–H and O–H groups in total. The van der Waals surface area contributed by atoms with Gasteiger partial charge in [-0.1, -0.05) is 38.1 Å². The third-order valence-electron chi connectivity index (χ3n) is 2.98. The molecule has 1 atom stereocenters. The average molecular weight is 246 g/mol. The molecule has 0 spiro atoms. The molecule has 2 aromatic rings. The summed E-state index contributed by atoms with van der Waals surface area (Å²) in [6.45, 7) is 4.40. The zero-order valence-electron chi connectivity index (χ0n) is 10.2. The number of benzene rings is 1. The van der Waals surface area contributed by atoms with Crippen molar-refractivity contribution in [2.24, 2.45) is 5.84 Å². The molecule has 3 heteroatoms. The highest BCUT2D eigenvalue weighted by atomic mass is 32.1. The fourth-order valence-electron chi connectivity index (χ4n) is 1.90. The fourth-order valence-corrected chi connectivity index (χ4v) is 2.58. The van der Waals surface area contributed by atoms with Crippen LogP contribution in [0, 0.1) is 0 Å². The predicted molar refractivity (Wildman–Crippen MR) is 74.0 cm³/mol. The van der Waals surface area contributed by atoms with Gasteiger partial charge in [0.15, 0.2) is 0 Å². The van der Waals surface area contributed by atoms with Crippen molar-refractivity contribution in [2.45, 2.75) is 25.8 Å². The third kappa shape index (κ3) is 2.75. The zero-order valence-corrected chi connectivity index (χ0v) is 11.0. The second-order valence-corrected chi connectivity index (χ2v) is 5.26. The molecule has 17 heavy (non-hydrogen) atoms. The molecule has 0 radical (unpaired) electrons. The lowest BCUT2D eigenvalue weighted by Crippen LogP contribution is -2.28. The minimum absolute atomic E-state index is 0.0856. The van der Waals surface area contributed by atoms with Crippen LogP contribution in [-0.4, -0.2) is 0 Å². The smallest absolute Gasteiger partial charge is 0.0718 e. The van der Waals surface area contributed by atoms with E-state index in [0.717, 1.165) is 0 Å². The summed E-state index contributed by atoms with van der Waals surface area (Å²) < 4.78 is 0. The first kappa shape index (κ1) is 12.3. The van der Waals surface area contributed by atoms with Crippen molar-refractivity contribution >= 4 is 11.3 Å². The van der Waals surface area contributed by atoms with Crippen LogP contribution in [0.5, 0.6) is 0 Å². The van der Waals surface area contributed by atoms with Crippen LogP contribution in [0.2, 0.25) is 0 Å². The topological polar surface area (TPSA) is 38.0 Å². The van der Waals surface area contributed by atoms with Gasteiger partial charge < -0.3 is 0 Å². The second-order valence-electron chi connectivity index (χ2n) is 4.48. The molecule has 1 unspecified atom stereocenters. The van der Waals surface area contributed by atoms with Gasteiger partial charge in [-0.15, -0.1) is 0 Å². The van der Waals surface area contributed by atoms with Gasteiger partial charge >= 0.3 is 0 Å². The highest BCUT2D eigenvalue weighted by Crippen LogP contribution is 2.25. The molecule has 0 fully saturated rings. The van der Waals surface area contributed by atoms with Gasteiger partial charge in [0.05, 0.1) is 6.04 Å². The summed E-state index contributed by atoms with van der Waals surface area (Å²) in [5.41, 5.74) is 6.65. The number of hydrazine groups is 1.